The van der Waals surface area contributed by atoms with Crippen molar-refractivity contribution >= 4 is 0 Å². The van der Waals surface area contributed by atoms with Crippen LogP contribution in [0, 0.1) is 17.6 Å². The molecule has 0 radical (unpaired) electrons. The minimum Gasteiger partial charge on any atom is -0.271 e. The van der Waals surface area contributed by atoms with Gasteiger partial charge in [0, 0.05) is 12.1 Å². The summed E-state index contributed by atoms with van der Waals surface area (Å²) >= 11 is 0. The smallest absolute Gasteiger partial charge is 0.129 e. The van der Waals surface area contributed by atoms with Crippen LogP contribution in [0.15, 0.2) is 18.2 Å². The maximum Gasteiger partial charge on any atom is 0.129 e. The van der Waals surface area contributed by atoms with Gasteiger partial charge in [-0.25, -0.2) is 8.78 Å². The first kappa shape index (κ1) is 15.4. The molecule has 4 heteroatoms. The molecule has 0 amide bonds. The summed E-state index contributed by atoms with van der Waals surface area (Å²) in [5.74, 6) is 5.34. The Balaban J connectivity index is 1.84. The molecule has 0 spiro atoms. The SMILES string of the molecule is NNC(CCC1CCCCC1)Cc1ccc(F)cc1F. The average molecular weight is 282 g/mol. The Hall–Kier alpha value is -1.00. The fourth-order valence-corrected chi connectivity index (χ4v) is 3.11. The van der Waals surface area contributed by atoms with E-state index in [1.807, 2.05) is 0 Å². The Morgan fingerprint density at radius 1 is 1.20 bits per heavy atom. The fourth-order valence-electron chi connectivity index (χ4n) is 3.11. The lowest BCUT2D eigenvalue weighted by Crippen LogP contribution is -2.37. The summed E-state index contributed by atoms with van der Waals surface area (Å²) < 4.78 is 26.5. The second-order valence-electron chi connectivity index (χ2n) is 5.88. The van der Waals surface area contributed by atoms with Gasteiger partial charge in [-0.15, -0.1) is 0 Å². The zero-order chi connectivity index (χ0) is 14.4. The Morgan fingerprint density at radius 3 is 2.60 bits per heavy atom. The number of nitrogens with one attached hydrogen (secondary N) is 1. The van der Waals surface area contributed by atoms with E-state index in [9.17, 15) is 8.78 Å². The van der Waals surface area contributed by atoms with Crippen molar-refractivity contribution in [1.82, 2.24) is 5.43 Å². The van der Waals surface area contributed by atoms with Crippen LogP contribution >= 0.6 is 0 Å². The third kappa shape index (κ3) is 4.53. The third-order valence-corrected chi connectivity index (χ3v) is 4.37. The Kier molecular flexibility index (Phi) is 5.92. The van der Waals surface area contributed by atoms with E-state index < -0.39 is 11.6 Å². The maximum absolute atomic E-state index is 13.6. The van der Waals surface area contributed by atoms with Crippen LogP contribution in [0.2, 0.25) is 0 Å². The quantitative estimate of drug-likeness (QED) is 0.617. The summed E-state index contributed by atoms with van der Waals surface area (Å²) in [4.78, 5) is 0. The number of hydrogen-bond acceptors (Lipinski definition) is 2. The number of halogens is 2. The molecule has 0 bridgehead atoms. The molecule has 0 heterocycles. The molecule has 1 fully saturated rings. The molecular formula is C16H24F2N2. The molecule has 2 nitrogen and oxygen atoms in total. The standard InChI is InChI=1S/C16H24F2N2/c17-14-8-7-13(16(18)11-14)10-15(20-19)9-6-12-4-2-1-3-5-12/h7-8,11-12,15,20H,1-6,9-10,19H2. The maximum atomic E-state index is 13.6. The van der Waals surface area contributed by atoms with E-state index in [4.69, 9.17) is 5.84 Å². The summed E-state index contributed by atoms with van der Waals surface area (Å²) in [5.41, 5.74) is 3.30. The molecule has 0 aliphatic heterocycles. The van der Waals surface area contributed by atoms with Gasteiger partial charge in [-0.2, -0.15) is 0 Å². The largest absolute Gasteiger partial charge is 0.271 e. The van der Waals surface area contributed by atoms with Crippen molar-refractivity contribution in [2.24, 2.45) is 11.8 Å². The summed E-state index contributed by atoms with van der Waals surface area (Å²) in [5, 5.41) is 0. The second kappa shape index (κ2) is 7.70. The topological polar surface area (TPSA) is 38.0 Å². The summed E-state index contributed by atoms with van der Waals surface area (Å²) in [6.45, 7) is 0. The highest BCUT2D eigenvalue weighted by atomic mass is 19.1. The minimum absolute atomic E-state index is 0.0527. The van der Waals surface area contributed by atoms with E-state index in [0.717, 1.165) is 24.8 Å². The van der Waals surface area contributed by atoms with Gasteiger partial charge >= 0.3 is 0 Å². The van der Waals surface area contributed by atoms with Gasteiger partial charge in [0.2, 0.25) is 0 Å². The van der Waals surface area contributed by atoms with Crippen molar-refractivity contribution in [3.63, 3.8) is 0 Å². The Morgan fingerprint density at radius 2 is 1.95 bits per heavy atom. The molecule has 20 heavy (non-hydrogen) atoms. The molecule has 1 atom stereocenters. The molecule has 0 saturated heterocycles. The van der Waals surface area contributed by atoms with Crippen molar-refractivity contribution in [3.05, 3.63) is 35.4 Å². The summed E-state index contributed by atoms with van der Waals surface area (Å²) in [6, 6.07) is 3.80. The Labute approximate surface area is 119 Å². The lowest BCUT2D eigenvalue weighted by Gasteiger charge is -2.24. The fraction of sp³-hybridized carbons (Fsp3) is 0.625. The highest BCUT2D eigenvalue weighted by Crippen LogP contribution is 2.28. The minimum atomic E-state index is -0.536. The zero-order valence-corrected chi connectivity index (χ0v) is 11.9. The second-order valence-corrected chi connectivity index (χ2v) is 5.88. The van der Waals surface area contributed by atoms with Crippen LogP contribution in [-0.2, 0) is 6.42 Å². The first-order valence-electron chi connectivity index (χ1n) is 7.59. The summed E-state index contributed by atoms with van der Waals surface area (Å²) in [6.07, 6.45) is 9.22. The molecule has 112 valence electrons. The van der Waals surface area contributed by atoms with Crippen molar-refractivity contribution in [2.45, 2.75) is 57.4 Å². The van der Waals surface area contributed by atoms with Gasteiger partial charge in [0.15, 0.2) is 0 Å². The number of hydrazine groups is 1. The predicted molar refractivity (Wildman–Crippen MR) is 77.0 cm³/mol. The first-order chi connectivity index (χ1) is 9.69. The van der Waals surface area contributed by atoms with Gasteiger partial charge in [-0.05, 0) is 36.8 Å². The van der Waals surface area contributed by atoms with Crippen molar-refractivity contribution in [2.75, 3.05) is 0 Å². The van der Waals surface area contributed by atoms with Crippen LogP contribution in [0.4, 0.5) is 8.78 Å². The lowest BCUT2D eigenvalue weighted by molar-refractivity contribution is 0.312. The molecular weight excluding hydrogens is 258 g/mol. The average Bonchev–Trinajstić information content (AvgIpc) is 2.46. The number of hydrogen-bond donors (Lipinski definition) is 2. The highest BCUT2D eigenvalue weighted by molar-refractivity contribution is 5.19. The monoisotopic (exact) mass is 282 g/mol. The van der Waals surface area contributed by atoms with Crippen molar-refractivity contribution < 1.29 is 8.78 Å². The van der Waals surface area contributed by atoms with E-state index in [1.165, 1.54) is 44.2 Å². The molecule has 2 rings (SSSR count). The van der Waals surface area contributed by atoms with Gasteiger partial charge in [0.1, 0.15) is 11.6 Å². The Bertz CT molecular complexity index is 417. The molecule has 1 saturated carbocycles. The molecule has 3 N–H and O–H groups in total. The normalized spacial score (nSPS) is 18.1. The van der Waals surface area contributed by atoms with Gasteiger partial charge in [-0.1, -0.05) is 38.2 Å². The van der Waals surface area contributed by atoms with Crippen LogP contribution < -0.4 is 11.3 Å². The van der Waals surface area contributed by atoms with Gasteiger partial charge in [-0.3, -0.25) is 11.3 Å². The lowest BCUT2D eigenvalue weighted by atomic mass is 9.84. The van der Waals surface area contributed by atoms with E-state index >= 15 is 0 Å². The molecule has 0 aromatic heterocycles. The number of nitrogens with two attached hydrogens (primary N) is 1. The van der Waals surface area contributed by atoms with Crippen molar-refractivity contribution in [1.29, 1.82) is 0 Å². The van der Waals surface area contributed by atoms with Crippen LogP contribution in [0.1, 0.15) is 50.5 Å². The van der Waals surface area contributed by atoms with E-state index in [-0.39, 0.29) is 6.04 Å². The van der Waals surface area contributed by atoms with Crippen LogP contribution in [-0.4, -0.2) is 6.04 Å². The zero-order valence-electron chi connectivity index (χ0n) is 11.9. The van der Waals surface area contributed by atoms with E-state index in [1.54, 1.807) is 0 Å². The van der Waals surface area contributed by atoms with Gasteiger partial charge in [0.25, 0.3) is 0 Å². The molecule has 1 aromatic rings. The number of rotatable bonds is 6. The predicted octanol–water partition coefficient (Wildman–Crippen LogP) is 3.70. The highest BCUT2D eigenvalue weighted by Gasteiger charge is 2.17. The molecule has 1 aliphatic rings. The van der Waals surface area contributed by atoms with E-state index in [2.05, 4.69) is 5.43 Å². The van der Waals surface area contributed by atoms with Gasteiger partial charge in [0.05, 0.1) is 0 Å². The first-order valence-corrected chi connectivity index (χ1v) is 7.59. The number of benzene rings is 1. The van der Waals surface area contributed by atoms with Crippen molar-refractivity contribution in [3.8, 4) is 0 Å². The van der Waals surface area contributed by atoms with Crippen LogP contribution in [0.25, 0.3) is 0 Å². The summed E-state index contributed by atoms with van der Waals surface area (Å²) in [7, 11) is 0. The van der Waals surface area contributed by atoms with E-state index in [0.29, 0.717) is 12.0 Å². The van der Waals surface area contributed by atoms with Crippen LogP contribution in [0.5, 0.6) is 0 Å². The molecule has 1 aliphatic carbocycles. The molecule has 1 aromatic carbocycles. The molecule has 1 unspecified atom stereocenters. The van der Waals surface area contributed by atoms with Crippen LogP contribution in [0.3, 0.4) is 0 Å². The van der Waals surface area contributed by atoms with Gasteiger partial charge < -0.3 is 0 Å². The third-order valence-electron chi connectivity index (χ3n) is 4.37.